The monoisotopic (exact) mass is 220 g/mol. The highest BCUT2D eigenvalue weighted by Crippen LogP contribution is 2.23. The number of amides is 1. The molecule has 1 amide bonds. The van der Waals surface area contributed by atoms with Crippen LogP contribution in [0, 0.1) is 0 Å². The number of pyridine rings is 1. The number of carbonyl (C=O) groups excluding carboxylic acids is 1. The molecular weight excluding hydrogens is 204 g/mol. The van der Waals surface area contributed by atoms with Gasteiger partial charge in [0.25, 0.3) is 0 Å². The standard InChI is InChI=1S/C12H16N2O2/c1-8(2)16-12-5-3-4-10(14-12)9-6-11(15)13-7-9/h3-5,8-9H,6-7H2,1-2H3,(H,13,15). The fourth-order valence-corrected chi connectivity index (χ4v) is 1.78. The van der Waals surface area contributed by atoms with E-state index >= 15 is 0 Å². The summed E-state index contributed by atoms with van der Waals surface area (Å²) < 4.78 is 5.52. The molecule has 1 atom stereocenters. The summed E-state index contributed by atoms with van der Waals surface area (Å²) in [5, 5.41) is 2.81. The molecule has 1 aliphatic rings. The van der Waals surface area contributed by atoms with E-state index in [1.807, 2.05) is 32.0 Å². The van der Waals surface area contributed by atoms with Crippen molar-refractivity contribution >= 4 is 5.91 Å². The summed E-state index contributed by atoms with van der Waals surface area (Å²) in [4.78, 5) is 15.5. The van der Waals surface area contributed by atoms with E-state index in [1.54, 1.807) is 0 Å². The van der Waals surface area contributed by atoms with Crippen LogP contribution in [0.5, 0.6) is 5.88 Å². The first kappa shape index (κ1) is 10.9. The second-order valence-corrected chi connectivity index (χ2v) is 4.27. The van der Waals surface area contributed by atoms with Gasteiger partial charge in [0.1, 0.15) is 0 Å². The molecule has 0 aromatic carbocycles. The molecule has 1 aromatic rings. The maximum absolute atomic E-state index is 11.1. The molecule has 1 aliphatic heterocycles. The summed E-state index contributed by atoms with van der Waals surface area (Å²) in [7, 11) is 0. The molecular formula is C12H16N2O2. The molecule has 2 heterocycles. The second kappa shape index (κ2) is 4.51. The minimum atomic E-state index is 0.0991. The Labute approximate surface area is 95.0 Å². The molecule has 1 N–H and O–H groups in total. The van der Waals surface area contributed by atoms with Gasteiger partial charge >= 0.3 is 0 Å². The van der Waals surface area contributed by atoms with Crippen LogP contribution in [0.15, 0.2) is 18.2 Å². The molecule has 2 rings (SSSR count). The minimum Gasteiger partial charge on any atom is -0.475 e. The van der Waals surface area contributed by atoms with E-state index in [9.17, 15) is 4.79 Å². The van der Waals surface area contributed by atoms with Gasteiger partial charge in [0.15, 0.2) is 0 Å². The molecule has 0 saturated carbocycles. The molecule has 1 fully saturated rings. The first-order valence-electron chi connectivity index (χ1n) is 5.55. The zero-order chi connectivity index (χ0) is 11.5. The molecule has 1 aromatic heterocycles. The molecule has 0 spiro atoms. The highest BCUT2D eigenvalue weighted by atomic mass is 16.5. The van der Waals surface area contributed by atoms with E-state index in [2.05, 4.69) is 10.3 Å². The summed E-state index contributed by atoms with van der Waals surface area (Å²) in [6.45, 7) is 4.61. The Bertz CT molecular complexity index is 390. The van der Waals surface area contributed by atoms with Gasteiger partial charge < -0.3 is 10.1 Å². The molecule has 0 radical (unpaired) electrons. The second-order valence-electron chi connectivity index (χ2n) is 4.27. The third kappa shape index (κ3) is 2.51. The average molecular weight is 220 g/mol. The van der Waals surface area contributed by atoms with Gasteiger partial charge in [0.05, 0.1) is 6.10 Å². The quantitative estimate of drug-likeness (QED) is 0.839. The van der Waals surface area contributed by atoms with Crippen LogP contribution in [0.3, 0.4) is 0 Å². The Hall–Kier alpha value is -1.58. The predicted octanol–water partition coefficient (Wildman–Crippen LogP) is 1.47. The predicted molar refractivity (Wildman–Crippen MR) is 60.4 cm³/mol. The van der Waals surface area contributed by atoms with Crippen molar-refractivity contribution in [3.8, 4) is 5.88 Å². The van der Waals surface area contributed by atoms with Crippen LogP contribution in [0.4, 0.5) is 0 Å². The molecule has 1 unspecified atom stereocenters. The van der Waals surface area contributed by atoms with Crippen LogP contribution in [-0.4, -0.2) is 23.5 Å². The Morgan fingerprint density at radius 1 is 1.50 bits per heavy atom. The summed E-state index contributed by atoms with van der Waals surface area (Å²) in [6, 6.07) is 5.70. The average Bonchev–Trinajstić information content (AvgIpc) is 2.64. The van der Waals surface area contributed by atoms with Crippen LogP contribution in [0.25, 0.3) is 0 Å². The first-order valence-corrected chi connectivity index (χ1v) is 5.55. The third-order valence-corrected chi connectivity index (χ3v) is 2.50. The Balaban J connectivity index is 2.12. The summed E-state index contributed by atoms with van der Waals surface area (Å²) in [5.41, 5.74) is 0.927. The van der Waals surface area contributed by atoms with Crippen LogP contribution in [-0.2, 0) is 4.79 Å². The van der Waals surface area contributed by atoms with E-state index in [1.165, 1.54) is 0 Å². The summed E-state index contributed by atoms with van der Waals surface area (Å²) >= 11 is 0. The van der Waals surface area contributed by atoms with Gasteiger partial charge in [0, 0.05) is 30.6 Å². The van der Waals surface area contributed by atoms with Crippen LogP contribution < -0.4 is 10.1 Å². The fraction of sp³-hybridized carbons (Fsp3) is 0.500. The number of hydrogen-bond donors (Lipinski definition) is 1. The normalized spacial score (nSPS) is 19.9. The topological polar surface area (TPSA) is 51.2 Å². The lowest BCUT2D eigenvalue weighted by molar-refractivity contribution is -0.119. The Morgan fingerprint density at radius 2 is 2.31 bits per heavy atom. The Kier molecular flexibility index (Phi) is 3.08. The molecule has 86 valence electrons. The fourth-order valence-electron chi connectivity index (χ4n) is 1.78. The minimum absolute atomic E-state index is 0.0991. The van der Waals surface area contributed by atoms with Crippen LogP contribution >= 0.6 is 0 Å². The van der Waals surface area contributed by atoms with Crippen molar-refractivity contribution in [1.29, 1.82) is 0 Å². The zero-order valence-electron chi connectivity index (χ0n) is 9.56. The summed E-state index contributed by atoms with van der Waals surface area (Å²) in [5.74, 6) is 0.914. The molecule has 0 aliphatic carbocycles. The highest BCUT2D eigenvalue weighted by molar-refractivity contribution is 5.79. The first-order chi connectivity index (χ1) is 7.65. The van der Waals surface area contributed by atoms with Crippen molar-refractivity contribution in [2.75, 3.05) is 6.54 Å². The molecule has 1 saturated heterocycles. The lowest BCUT2D eigenvalue weighted by Gasteiger charge is -2.11. The van der Waals surface area contributed by atoms with Gasteiger partial charge in [-0.1, -0.05) is 6.07 Å². The highest BCUT2D eigenvalue weighted by Gasteiger charge is 2.24. The molecule has 0 bridgehead atoms. The van der Waals surface area contributed by atoms with E-state index < -0.39 is 0 Å². The van der Waals surface area contributed by atoms with Gasteiger partial charge in [-0.15, -0.1) is 0 Å². The van der Waals surface area contributed by atoms with E-state index in [0.29, 0.717) is 18.8 Å². The van der Waals surface area contributed by atoms with E-state index in [-0.39, 0.29) is 17.9 Å². The lowest BCUT2D eigenvalue weighted by Crippen LogP contribution is -2.14. The van der Waals surface area contributed by atoms with E-state index in [0.717, 1.165) is 5.69 Å². The van der Waals surface area contributed by atoms with Crippen molar-refractivity contribution in [1.82, 2.24) is 10.3 Å². The maximum Gasteiger partial charge on any atom is 0.220 e. The molecule has 16 heavy (non-hydrogen) atoms. The Morgan fingerprint density at radius 3 is 2.94 bits per heavy atom. The molecule has 4 nitrogen and oxygen atoms in total. The number of nitrogens with one attached hydrogen (secondary N) is 1. The smallest absolute Gasteiger partial charge is 0.220 e. The number of carbonyl (C=O) groups is 1. The van der Waals surface area contributed by atoms with Gasteiger partial charge in [0.2, 0.25) is 11.8 Å². The van der Waals surface area contributed by atoms with Crippen molar-refractivity contribution < 1.29 is 9.53 Å². The number of rotatable bonds is 3. The molecule has 4 heteroatoms. The number of nitrogens with zero attached hydrogens (tertiary/aromatic N) is 1. The van der Waals surface area contributed by atoms with Gasteiger partial charge in [-0.25, -0.2) is 4.98 Å². The van der Waals surface area contributed by atoms with Crippen molar-refractivity contribution in [3.63, 3.8) is 0 Å². The zero-order valence-corrected chi connectivity index (χ0v) is 9.56. The van der Waals surface area contributed by atoms with Gasteiger partial charge in [-0.2, -0.15) is 0 Å². The van der Waals surface area contributed by atoms with Crippen molar-refractivity contribution in [3.05, 3.63) is 23.9 Å². The SMILES string of the molecule is CC(C)Oc1cccc(C2CNC(=O)C2)n1. The van der Waals surface area contributed by atoms with Crippen LogP contribution in [0.2, 0.25) is 0 Å². The maximum atomic E-state index is 11.1. The summed E-state index contributed by atoms with van der Waals surface area (Å²) in [6.07, 6.45) is 0.643. The number of hydrogen-bond acceptors (Lipinski definition) is 3. The van der Waals surface area contributed by atoms with Gasteiger partial charge in [-0.3, -0.25) is 4.79 Å². The number of aromatic nitrogens is 1. The van der Waals surface area contributed by atoms with Crippen molar-refractivity contribution in [2.45, 2.75) is 32.3 Å². The van der Waals surface area contributed by atoms with Crippen LogP contribution in [0.1, 0.15) is 31.9 Å². The third-order valence-electron chi connectivity index (χ3n) is 2.50. The largest absolute Gasteiger partial charge is 0.475 e. The van der Waals surface area contributed by atoms with Gasteiger partial charge in [-0.05, 0) is 19.9 Å². The number of ether oxygens (including phenoxy) is 1. The van der Waals surface area contributed by atoms with E-state index in [4.69, 9.17) is 4.74 Å². The van der Waals surface area contributed by atoms with Crippen molar-refractivity contribution in [2.24, 2.45) is 0 Å². The lowest BCUT2D eigenvalue weighted by atomic mass is 10.0.